The van der Waals surface area contributed by atoms with Gasteiger partial charge in [-0.2, -0.15) is 0 Å². The number of para-hydroxylation sites is 1. The number of likely N-dealkylation sites (tertiary alicyclic amines) is 1. The molecule has 1 aromatic heterocycles. The number of hydrogen-bond donors (Lipinski definition) is 4. The molecular weight excluding hydrogens is 899 g/mol. The number of anilines is 2. The van der Waals surface area contributed by atoms with Crippen LogP contribution in [-0.4, -0.2) is 122 Å². The molecule has 4 fully saturated rings. The molecule has 4 aliphatic heterocycles. The fourth-order valence-corrected chi connectivity index (χ4v) is 11.7. The van der Waals surface area contributed by atoms with Crippen molar-refractivity contribution in [2.75, 3.05) is 62.3 Å². The van der Waals surface area contributed by atoms with E-state index in [0.29, 0.717) is 47.3 Å². The molecule has 5 aliphatic rings. The smallest absolute Gasteiger partial charge is 0.264 e. The summed E-state index contributed by atoms with van der Waals surface area (Å²) in [5, 5.41) is 8.66. The summed E-state index contributed by atoms with van der Waals surface area (Å²) in [6, 6.07) is 11.5. The third-order valence-electron chi connectivity index (χ3n) is 14.7. The van der Waals surface area contributed by atoms with Gasteiger partial charge in [0.05, 0.1) is 29.1 Å². The van der Waals surface area contributed by atoms with Gasteiger partial charge >= 0.3 is 0 Å². The Hall–Kier alpha value is -5.46. The van der Waals surface area contributed by atoms with Crippen LogP contribution >= 0.6 is 0 Å². The topological polar surface area (TPSA) is 212 Å². The van der Waals surface area contributed by atoms with Gasteiger partial charge in [-0.3, -0.25) is 34.2 Å². The Labute approximate surface area is 406 Å². The van der Waals surface area contributed by atoms with Crippen molar-refractivity contribution in [1.29, 1.82) is 0 Å². The highest BCUT2D eigenvalue weighted by Crippen LogP contribution is 2.45. The monoisotopic (exact) mass is 967 g/mol. The van der Waals surface area contributed by atoms with Crippen LogP contribution in [0, 0.1) is 11.3 Å². The number of imide groups is 2. The molecule has 69 heavy (non-hydrogen) atoms. The molecule has 4 N–H and O–H groups in total. The highest BCUT2D eigenvalue weighted by molar-refractivity contribution is 7.88. The molecule has 5 amide bonds. The van der Waals surface area contributed by atoms with E-state index in [9.17, 15) is 32.4 Å². The van der Waals surface area contributed by atoms with Crippen LogP contribution < -0.4 is 30.3 Å². The number of hydrogen-bond acceptors (Lipinski definition) is 13. The highest BCUT2D eigenvalue weighted by atomic mass is 32.2. The predicted octanol–water partition coefficient (Wildman–Crippen LogP) is 6.42. The van der Waals surface area contributed by atoms with E-state index in [0.717, 1.165) is 133 Å². The molecule has 372 valence electrons. The molecule has 1 unspecified atom stereocenters. The molecule has 1 saturated carbocycles. The lowest BCUT2D eigenvalue weighted by atomic mass is 9.71. The van der Waals surface area contributed by atoms with Crippen LogP contribution in [0.1, 0.15) is 147 Å². The summed E-state index contributed by atoms with van der Waals surface area (Å²) in [5.41, 5.74) is 1.89. The first-order chi connectivity index (χ1) is 33.4. The van der Waals surface area contributed by atoms with Gasteiger partial charge in [-0.25, -0.2) is 23.1 Å². The second kappa shape index (κ2) is 23.0. The Balaban J connectivity index is 0.672. The standard InChI is InChI=1S/C51H69N9O8S/c1-69(66,67)57-37-21-19-36(20-22-37)32-58-29-25-51(26-30-58)33-59(34-51)46-43(31-52-35-55-46)68-42-18-11-10-15-38(42)47(62)54-28-13-9-7-5-3-2-4-6-8-12-27-53-40-17-14-16-39-45(40)50(65)60(49(39)64)41-23-24-44(61)56-48(41)63/h10-11,14-18,31,35-37,41,53,57H,2-9,12-13,19-30,32-34H2,1H3,(H,54,62)(H,56,61,63). The first-order valence-corrected chi connectivity index (χ1v) is 27.1. The maximum Gasteiger partial charge on any atom is 0.264 e. The quantitative estimate of drug-likeness (QED) is 0.0598. The van der Waals surface area contributed by atoms with E-state index in [-0.39, 0.29) is 35.8 Å². The van der Waals surface area contributed by atoms with Crippen molar-refractivity contribution in [3.8, 4) is 11.5 Å². The Morgan fingerprint density at radius 2 is 1.49 bits per heavy atom. The average molecular weight is 968 g/mol. The van der Waals surface area contributed by atoms with Crippen LogP contribution in [0.5, 0.6) is 11.5 Å². The summed E-state index contributed by atoms with van der Waals surface area (Å²) >= 11 is 0. The number of rotatable bonds is 23. The minimum absolute atomic E-state index is 0.0724. The third kappa shape index (κ3) is 12.9. The molecule has 0 radical (unpaired) electrons. The minimum Gasteiger partial charge on any atom is -0.451 e. The number of nitrogens with zero attached hydrogens (tertiary/aromatic N) is 5. The van der Waals surface area contributed by atoms with Gasteiger partial charge in [0.25, 0.3) is 17.7 Å². The first-order valence-electron chi connectivity index (χ1n) is 25.2. The number of ether oxygens (including phenoxy) is 1. The van der Waals surface area contributed by atoms with E-state index >= 15 is 0 Å². The molecule has 3 saturated heterocycles. The van der Waals surface area contributed by atoms with Gasteiger partial charge in [0.1, 0.15) is 18.1 Å². The lowest BCUT2D eigenvalue weighted by Crippen LogP contribution is -2.61. The zero-order valence-electron chi connectivity index (χ0n) is 40.0. The van der Waals surface area contributed by atoms with Gasteiger partial charge in [-0.1, -0.05) is 69.6 Å². The number of carbonyl (C=O) groups excluding carboxylic acids is 5. The molecule has 1 aliphatic carbocycles. The lowest BCUT2D eigenvalue weighted by molar-refractivity contribution is -0.136. The van der Waals surface area contributed by atoms with Gasteiger partial charge in [0.15, 0.2) is 11.6 Å². The van der Waals surface area contributed by atoms with Crippen LogP contribution in [0.2, 0.25) is 0 Å². The maximum absolute atomic E-state index is 13.4. The first kappa shape index (κ1) is 49.9. The van der Waals surface area contributed by atoms with Gasteiger partial charge < -0.3 is 25.2 Å². The number of benzene rings is 2. The second-order valence-electron chi connectivity index (χ2n) is 20.0. The van der Waals surface area contributed by atoms with E-state index < -0.39 is 39.7 Å². The largest absolute Gasteiger partial charge is 0.451 e. The summed E-state index contributed by atoms with van der Waals surface area (Å²) in [6.45, 7) is 6.30. The number of piperidine rings is 2. The molecule has 2 aromatic carbocycles. The number of nitrogens with one attached hydrogen (secondary N) is 4. The number of fused-ring (bicyclic) bond motifs is 1. The van der Waals surface area contributed by atoms with Crippen molar-refractivity contribution in [2.24, 2.45) is 11.3 Å². The van der Waals surface area contributed by atoms with Crippen molar-refractivity contribution in [2.45, 2.75) is 128 Å². The summed E-state index contributed by atoms with van der Waals surface area (Å²) in [7, 11) is -3.16. The van der Waals surface area contributed by atoms with E-state index in [1.54, 1.807) is 36.8 Å². The molecule has 3 aromatic rings. The predicted molar refractivity (Wildman–Crippen MR) is 263 cm³/mol. The summed E-state index contributed by atoms with van der Waals surface area (Å²) in [5.74, 6) is 0.197. The summed E-state index contributed by atoms with van der Waals surface area (Å²) in [6.07, 6.45) is 21.7. The van der Waals surface area contributed by atoms with Crippen molar-refractivity contribution < 1.29 is 37.1 Å². The Morgan fingerprint density at radius 1 is 0.812 bits per heavy atom. The van der Waals surface area contributed by atoms with Gasteiger partial charge in [-0.15, -0.1) is 0 Å². The maximum atomic E-state index is 13.4. The minimum atomic E-state index is -3.16. The fourth-order valence-electron chi connectivity index (χ4n) is 10.9. The van der Waals surface area contributed by atoms with Crippen molar-refractivity contribution >= 4 is 51.1 Å². The molecule has 0 bridgehead atoms. The van der Waals surface area contributed by atoms with E-state index in [1.165, 1.54) is 19.1 Å². The summed E-state index contributed by atoms with van der Waals surface area (Å²) < 4.78 is 32.5. The molecule has 17 nitrogen and oxygen atoms in total. The van der Waals surface area contributed by atoms with Gasteiger partial charge in [-0.05, 0) is 101 Å². The summed E-state index contributed by atoms with van der Waals surface area (Å²) in [4.78, 5) is 78.6. The van der Waals surface area contributed by atoms with Gasteiger partial charge in [0, 0.05) is 56.3 Å². The normalized spacial score (nSPS) is 21.5. The van der Waals surface area contributed by atoms with Crippen LogP contribution in [-0.2, 0) is 19.6 Å². The number of carbonyl (C=O) groups is 5. The zero-order chi connectivity index (χ0) is 48.4. The van der Waals surface area contributed by atoms with E-state index in [1.807, 2.05) is 18.2 Å². The average Bonchev–Trinajstić information content (AvgIpc) is 3.57. The van der Waals surface area contributed by atoms with Crippen LogP contribution in [0.25, 0.3) is 0 Å². The molecular formula is C51H69N9O8S. The van der Waals surface area contributed by atoms with Crippen LogP contribution in [0.3, 0.4) is 0 Å². The number of amides is 5. The molecule has 18 heteroatoms. The number of sulfonamides is 1. The van der Waals surface area contributed by atoms with Crippen molar-refractivity contribution in [1.82, 2.24) is 35.1 Å². The lowest BCUT2D eigenvalue weighted by Gasteiger charge is -2.54. The second-order valence-corrected chi connectivity index (χ2v) is 21.7. The molecule has 1 atom stereocenters. The molecule has 5 heterocycles. The molecule has 1 spiro atoms. The van der Waals surface area contributed by atoms with E-state index in [2.05, 4.69) is 40.4 Å². The third-order valence-corrected chi connectivity index (χ3v) is 15.5. The molecule has 8 rings (SSSR count). The highest BCUT2D eigenvalue weighted by Gasteiger charge is 2.47. The fraction of sp³-hybridized carbons (Fsp3) is 0.588. The Kier molecular flexibility index (Phi) is 16.6. The Bertz CT molecular complexity index is 2430. The van der Waals surface area contributed by atoms with Crippen LogP contribution in [0.15, 0.2) is 55.0 Å². The van der Waals surface area contributed by atoms with Crippen LogP contribution in [0.4, 0.5) is 11.5 Å². The van der Waals surface area contributed by atoms with E-state index in [4.69, 9.17) is 4.74 Å². The number of aromatic nitrogens is 2. The van der Waals surface area contributed by atoms with Crippen molar-refractivity contribution in [3.63, 3.8) is 0 Å². The van der Waals surface area contributed by atoms with Crippen molar-refractivity contribution in [3.05, 3.63) is 71.7 Å². The SMILES string of the molecule is CS(=O)(=O)NC1CCC(CN2CCC3(CC2)CN(c2ncncc2Oc2ccccc2C(=O)NCCCCCCCCCCCCNc2cccc4c2C(=O)N(C2CCC(=O)NC2=O)C4=O)C3)CC1. The zero-order valence-corrected chi connectivity index (χ0v) is 40.8. The Morgan fingerprint density at radius 3 is 2.19 bits per heavy atom. The number of unbranched alkanes of at least 4 members (excludes halogenated alkanes) is 9. The van der Waals surface area contributed by atoms with Gasteiger partial charge in [0.2, 0.25) is 21.8 Å².